The van der Waals surface area contributed by atoms with Crippen LogP contribution in [0.4, 0.5) is 0 Å². The van der Waals surface area contributed by atoms with E-state index in [9.17, 15) is 9.59 Å². The van der Waals surface area contributed by atoms with Crippen molar-refractivity contribution in [2.75, 3.05) is 19.7 Å². The number of ketones is 1. The summed E-state index contributed by atoms with van der Waals surface area (Å²) in [6.07, 6.45) is 0.530. The van der Waals surface area contributed by atoms with Gasteiger partial charge in [-0.15, -0.1) is 0 Å². The molecule has 0 spiro atoms. The molecule has 1 aliphatic rings. The Bertz CT molecular complexity index is 321. The van der Waals surface area contributed by atoms with E-state index in [-0.39, 0.29) is 24.0 Å². The normalized spacial score (nSPS) is 15.4. The summed E-state index contributed by atoms with van der Waals surface area (Å²) in [7, 11) is 0. The summed E-state index contributed by atoms with van der Waals surface area (Å²) in [4.78, 5) is 26.7. The highest BCUT2D eigenvalue weighted by atomic mass is 16.5. The number of Topliss-reactive ketones (excluding diaryl/α,β-unsaturated/α-hetero) is 1. The van der Waals surface area contributed by atoms with E-state index in [4.69, 9.17) is 10.3 Å². The molecule has 1 saturated heterocycles. The van der Waals surface area contributed by atoms with Crippen molar-refractivity contribution in [2.45, 2.75) is 19.8 Å². The number of hydrogen-bond acceptors (Lipinski definition) is 3. The summed E-state index contributed by atoms with van der Waals surface area (Å²) in [6.45, 7) is 2.93. The van der Waals surface area contributed by atoms with Crippen LogP contribution in [0, 0.1) is 0 Å². The molecule has 0 atom stereocenters. The van der Waals surface area contributed by atoms with Crippen molar-refractivity contribution in [3.8, 4) is 0 Å². The second kappa shape index (κ2) is 5.26. The highest BCUT2D eigenvalue weighted by Crippen LogP contribution is 2.06. The first-order valence-corrected chi connectivity index (χ1v) is 4.84. The summed E-state index contributed by atoms with van der Waals surface area (Å²) < 4.78 is 4.74. The minimum absolute atomic E-state index is 0.0410. The van der Waals surface area contributed by atoms with E-state index in [0.29, 0.717) is 26.1 Å². The molecule has 1 heterocycles. The standard InChI is InChI=1S/C9H13N3O3/c1-2-15-8(14)4-6-12-5-3-7(13)9(12)11-10/h2-6H2,1H3. The van der Waals surface area contributed by atoms with Gasteiger partial charge in [0.2, 0.25) is 0 Å². The van der Waals surface area contributed by atoms with Crippen molar-refractivity contribution in [1.29, 1.82) is 0 Å². The van der Waals surface area contributed by atoms with Crippen molar-refractivity contribution >= 4 is 17.6 Å². The van der Waals surface area contributed by atoms with E-state index in [0.717, 1.165) is 0 Å². The van der Waals surface area contributed by atoms with Gasteiger partial charge in [-0.25, -0.2) is 4.90 Å². The maximum atomic E-state index is 11.1. The smallest absolute Gasteiger partial charge is 0.398 e. The Balaban J connectivity index is 2.43. The van der Waals surface area contributed by atoms with Gasteiger partial charge in [0.15, 0.2) is 0 Å². The molecule has 0 N–H and O–H groups in total. The highest BCUT2D eigenvalue weighted by Gasteiger charge is 2.35. The minimum atomic E-state index is -0.311. The van der Waals surface area contributed by atoms with Crippen LogP contribution >= 0.6 is 0 Å². The van der Waals surface area contributed by atoms with Crippen LogP contribution in [0.3, 0.4) is 0 Å². The van der Waals surface area contributed by atoms with Crippen LogP contribution in [-0.2, 0) is 14.3 Å². The molecular formula is C9H13N3O3. The quantitative estimate of drug-likeness (QED) is 0.367. The third-order valence-corrected chi connectivity index (χ3v) is 2.14. The molecule has 0 amide bonds. The molecule has 1 rings (SSSR count). The summed E-state index contributed by atoms with van der Waals surface area (Å²) in [5.74, 6) is -0.463. The van der Waals surface area contributed by atoms with Gasteiger partial charge in [0, 0.05) is 0 Å². The van der Waals surface area contributed by atoms with Crippen LogP contribution < -0.4 is 0 Å². The largest absolute Gasteiger partial charge is 0.497 e. The Morgan fingerprint density at radius 1 is 1.67 bits per heavy atom. The Morgan fingerprint density at radius 2 is 2.40 bits per heavy atom. The average molecular weight is 211 g/mol. The SMILES string of the molecule is CCOC(=O)CCN1CCC(=O)C1=[N+]=[N-]. The zero-order valence-electron chi connectivity index (χ0n) is 8.60. The molecule has 82 valence electrons. The molecule has 0 aliphatic carbocycles. The molecule has 0 radical (unpaired) electrons. The fourth-order valence-corrected chi connectivity index (χ4v) is 1.43. The monoisotopic (exact) mass is 211 g/mol. The van der Waals surface area contributed by atoms with Crippen molar-refractivity contribution < 1.29 is 19.1 Å². The molecule has 6 nitrogen and oxygen atoms in total. The van der Waals surface area contributed by atoms with Crippen molar-refractivity contribution in [1.82, 2.24) is 4.90 Å². The second-order valence-corrected chi connectivity index (χ2v) is 3.14. The summed E-state index contributed by atoms with van der Waals surface area (Å²) >= 11 is 0. The van der Waals surface area contributed by atoms with Crippen molar-refractivity contribution in [3.63, 3.8) is 0 Å². The molecule has 1 fully saturated rings. The van der Waals surface area contributed by atoms with Gasteiger partial charge in [-0.05, 0) is 6.92 Å². The average Bonchev–Trinajstić information content (AvgIpc) is 2.56. The molecule has 0 aromatic rings. The van der Waals surface area contributed by atoms with Crippen LogP contribution in [0.5, 0.6) is 0 Å². The first-order valence-electron chi connectivity index (χ1n) is 4.84. The lowest BCUT2D eigenvalue weighted by molar-refractivity contribution is -0.143. The number of rotatable bonds is 4. The van der Waals surface area contributed by atoms with Crippen LogP contribution in [0.2, 0.25) is 0 Å². The van der Waals surface area contributed by atoms with E-state index in [1.807, 2.05) is 0 Å². The number of likely N-dealkylation sites (tertiary alicyclic amines) is 1. The number of ether oxygens (including phenoxy) is 1. The van der Waals surface area contributed by atoms with Gasteiger partial charge in [-0.3, -0.25) is 9.59 Å². The van der Waals surface area contributed by atoms with E-state index < -0.39 is 0 Å². The second-order valence-electron chi connectivity index (χ2n) is 3.14. The summed E-state index contributed by atoms with van der Waals surface area (Å²) in [5, 5.41) is 0. The Morgan fingerprint density at radius 3 is 3.00 bits per heavy atom. The van der Waals surface area contributed by atoms with Crippen LogP contribution in [-0.4, -0.2) is 47.0 Å². The van der Waals surface area contributed by atoms with Gasteiger partial charge in [0.05, 0.1) is 32.5 Å². The zero-order chi connectivity index (χ0) is 11.3. The number of nitrogens with zero attached hydrogens (tertiary/aromatic N) is 3. The van der Waals surface area contributed by atoms with E-state index in [1.165, 1.54) is 0 Å². The molecule has 0 aromatic heterocycles. The maximum absolute atomic E-state index is 11.1. The molecule has 6 heteroatoms. The van der Waals surface area contributed by atoms with E-state index in [1.54, 1.807) is 11.8 Å². The first-order chi connectivity index (χ1) is 7.19. The molecule has 1 aliphatic heterocycles. The lowest BCUT2D eigenvalue weighted by atomic mass is 10.3. The van der Waals surface area contributed by atoms with Crippen molar-refractivity contribution in [2.24, 2.45) is 0 Å². The molecule has 0 bridgehead atoms. The Hall–Kier alpha value is -1.68. The number of carbonyl (C=O) groups excluding carboxylic acids is 2. The molecule has 15 heavy (non-hydrogen) atoms. The predicted molar refractivity (Wildman–Crippen MR) is 51.1 cm³/mol. The van der Waals surface area contributed by atoms with Crippen LogP contribution in [0.1, 0.15) is 19.8 Å². The fourth-order valence-electron chi connectivity index (χ4n) is 1.43. The fraction of sp³-hybridized carbons (Fsp3) is 0.667. The van der Waals surface area contributed by atoms with Gasteiger partial charge in [0.25, 0.3) is 5.78 Å². The lowest BCUT2D eigenvalue weighted by Crippen LogP contribution is -2.31. The maximum Gasteiger partial charge on any atom is 0.398 e. The van der Waals surface area contributed by atoms with Gasteiger partial charge in [-0.1, -0.05) is 0 Å². The topological polar surface area (TPSA) is 83.0 Å². The van der Waals surface area contributed by atoms with E-state index in [2.05, 4.69) is 4.79 Å². The molecule has 0 aromatic carbocycles. The number of hydrogen-bond donors (Lipinski definition) is 0. The zero-order valence-corrected chi connectivity index (χ0v) is 8.60. The third kappa shape index (κ3) is 2.89. The van der Waals surface area contributed by atoms with Crippen LogP contribution in [0.15, 0.2) is 0 Å². The Labute approximate surface area is 87.4 Å². The first kappa shape index (κ1) is 11.4. The molecule has 0 saturated carbocycles. The Kier molecular flexibility index (Phi) is 4.00. The molecular weight excluding hydrogens is 198 g/mol. The van der Waals surface area contributed by atoms with Gasteiger partial charge in [-0.2, -0.15) is 0 Å². The van der Waals surface area contributed by atoms with Gasteiger partial charge >= 0.3 is 11.8 Å². The third-order valence-electron chi connectivity index (χ3n) is 2.14. The number of carbonyl (C=O) groups is 2. The van der Waals surface area contributed by atoms with E-state index >= 15 is 0 Å². The summed E-state index contributed by atoms with van der Waals surface area (Å²) in [6, 6.07) is 0. The summed E-state index contributed by atoms with van der Waals surface area (Å²) in [5.41, 5.74) is 8.58. The van der Waals surface area contributed by atoms with Gasteiger partial charge in [0.1, 0.15) is 0 Å². The highest BCUT2D eigenvalue weighted by molar-refractivity contribution is 6.38. The minimum Gasteiger partial charge on any atom is -0.497 e. The predicted octanol–water partition coefficient (Wildman–Crippen LogP) is -0.157. The van der Waals surface area contributed by atoms with Gasteiger partial charge < -0.3 is 15.1 Å². The number of amidine groups is 1. The lowest BCUT2D eigenvalue weighted by Gasteiger charge is -2.07. The van der Waals surface area contributed by atoms with Crippen LogP contribution in [0.25, 0.3) is 5.53 Å². The molecule has 0 unspecified atom stereocenters. The van der Waals surface area contributed by atoms with Crippen molar-refractivity contribution in [3.05, 3.63) is 5.53 Å². The number of esters is 1.